The number of hydrogen-bond acceptors (Lipinski definition) is 4. The van der Waals surface area contributed by atoms with E-state index >= 15 is 0 Å². The molecule has 23 heavy (non-hydrogen) atoms. The van der Waals surface area contributed by atoms with Crippen LogP contribution in [0.1, 0.15) is 10.4 Å². The molecule has 126 valence electrons. The quantitative estimate of drug-likeness (QED) is 0.848. The fourth-order valence-corrected chi connectivity index (χ4v) is 3.20. The number of rotatable bonds is 3. The van der Waals surface area contributed by atoms with Gasteiger partial charge in [-0.15, -0.1) is 0 Å². The molecule has 0 aromatic heterocycles. The summed E-state index contributed by atoms with van der Waals surface area (Å²) in [5.41, 5.74) is 0.367. The summed E-state index contributed by atoms with van der Waals surface area (Å²) in [6.07, 6.45) is 0. The van der Waals surface area contributed by atoms with Gasteiger partial charge in [-0.2, -0.15) is 8.78 Å². The molecule has 1 amide bonds. The predicted molar refractivity (Wildman–Crippen MR) is 79.7 cm³/mol. The van der Waals surface area contributed by atoms with Gasteiger partial charge in [-0.3, -0.25) is 9.69 Å². The average Bonchev–Trinajstić information content (AvgIpc) is 2.74. The molecule has 0 aliphatic carbocycles. The summed E-state index contributed by atoms with van der Waals surface area (Å²) < 4.78 is 34.7. The van der Waals surface area contributed by atoms with Gasteiger partial charge in [0.15, 0.2) is 0 Å². The van der Waals surface area contributed by atoms with Crippen molar-refractivity contribution in [2.24, 2.45) is 5.92 Å². The van der Waals surface area contributed by atoms with Gasteiger partial charge in [-0.25, -0.2) is 0 Å². The number of fused-ring (bicyclic) bond motifs is 3. The van der Waals surface area contributed by atoms with E-state index < -0.39 is 6.61 Å². The minimum Gasteiger partial charge on any atom is -0.435 e. The van der Waals surface area contributed by atoms with E-state index in [4.69, 9.17) is 4.74 Å². The van der Waals surface area contributed by atoms with Crippen molar-refractivity contribution in [3.8, 4) is 5.75 Å². The molecule has 1 aromatic rings. The van der Waals surface area contributed by atoms with E-state index in [1.807, 2.05) is 7.05 Å². The third-order valence-electron chi connectivity index (χ3n) is 4.34. The normalized spacial score (nSPS) is 25.3. The third-order valence-corrected chi connectivity index (χ3v) is 4.34. The summed E-state index contributed by atoms with van der Waals surface area (Å²) in [6.45, 7) is 0.419. The Hall–Kier alpha value is -1.73. The van der Waals surface area contributed by atoms with Gasteiger partial charge < -0.3 is 14.4 Å². The molecule has 2 aliphatic rings. The smallest absolute Gasteiger partial charge is 0.387 e. The molecule has 0 N–H and O–H groups in total. The zero-order chi connectivity index (χ0) is 16.4. The van der Waals surface area contributed by atoms with E-state index in [-0.39, 0.29) is 23.6 Å². The van der Waals surface area contributed by atoms with Gasteiger partial charge in [-0.1, -0.05) is 6.07 Å². The summed E-state index contributed by atoms with van der Waals surface area (Å²) in [7, 11) is 2.04. The van der Waals surface area contributed by atoms with Crippen molar-refractivity contribution in [1.82, 2.24) is 9.80 Å². The van der Waals surface area contributed by atoms with Crippen LogP contribution in [-0.2, 0) is 4.74 Å². The maximum Gasteiger partial charge on any atom is 0.387 e. The average molecular weight is 326 g/mol. The fraction of sp³-hybridized carbons (Fsp3) is 0.562. The van der Waals surface area contributed by atoms with Crippen LogP contribution in [0, 0.1) is 5.92 Å². The second-order valence-electron chi connectivity index (χ2n) is 6.11. The lowest BCUT2D eigenvalue weighted by molar-refractivity contribution is -0.0499. The summed E-state index contributed by atoms with van der Waals surface area (Å²) in [6, 6.07) is 6.13. The van der Waals surface area contributed by atoms with Gasteiger partial charge >= 0.3 is 6.61 Å². The molecular formula is C16H20F2N2O3. The number of alkyl halides is 2. The predicted octanol–water partition coefficient (Wildman–Crippen LogP) is 1.69. The molecule has 2 aliphatic heterocycles. The molecule has 7 heteroatoms. The highest BCUT2D eigenvalue weighted by molar-refractivity contribution is 5.94. The van der Waals surface area contributed by atoms with Crippen molar-refractivity contribution in [3.05, 3.63) is 29.8 Å². The zero-order valence-electron chi connectivity index (χ0n) is 13.0. The number of likely N-dealkylation sites (N-methyl/N-ethyl adjacent to an activating group) is 1. The van der Waals surface area contributed by atoms with Crippen molar-refractivity contribution in [3.63, 3.8) is 0 Å². The highest BCUT2D eigenvalue weighted by Gasteiger charge is 2.33. The maximum absolute atomic E-state index is 12.8. The number of carbonyl (C=O) groups is 1. The fourth-order valence-electron chi connectivity index (χ4n) is 3.20. The first kappa shape index (κ1) is 16.1. The molecule has 0 unspecified atom stereocenters. The minimum atomic E-state index is -2.90. The first-order valence-electron chi connectivity index (χ1n) is 7.65. The third kappa shape index (κ3) is 3.79. The van der Waals surface area contributed by atoms with Gasteiger partial charge in [-0.05, 0) is 25.2 Å². The number of carbonyl (C=O) groups excluding carboxylic acids is 1. The highest BCUT2D eigenvalue weighted by Crippen LogP contribution is 2.22. The Morgan fingerprint density at radius 2 is 2.13 bits per heavy atom. The van der Waals surface area contributed by atoms with E-state index in [9.17, 15) is 13.6 Å². The SMILES string of the molecule is CN1C[C@H]2COC[C@@H]1CN(C(=O)c1cccc(OC(F)F)c1)C2. The van der Waals surface area contributed by atoms with Crippen LogP contribution in [0.5, 0.6) is 5.75 Å². The van der Waals surface area contributed by atoms with Gasteiger partial charge in [0.2, 0.25) is 0 Å². The van der Waals surface area contributed by atoms with Crippen molar-refractivity contribution in [2.45, 2.75) is 12.7 Å². The standard InChI is InChI=1S/C16H20F2N2O3/c1-19-6-11-7-20(8-13(19)10-22-9-11)15(21)12-3-2-4-14(5-12)23-16(17)18/h2-5,11,13,16H,6-10H2,1H3/t11-,13+/m1/s1. The second-order valence-corrected chi connectivity index (χ2v) is 6.11. The van der Waals surface area contributed by atoms with Gasteiger partial charge in [0.1, 0.15) is 5.75 Å². The van der Waals surface area contributed by atoms with E-state index in [2.05, 4.69) is 9.64 Å². The molecule has 0 saturated carbocycles. The lowest BCUT2D eigenvalue weighted by Crippen LogP contribution is -2.44. The highest BCUT2D eigenvalue weighted by atomic mass is 19.3. The summed E-state index contributed by atoms with van der Waals surface area (Å²) >= 11 is 0. The van der Waals surface area contributed by atoms with E-state index in [1.54, 1.807) is 17.0 Å². The number of halogens is 2. The minimum absolute atomic E-state index is 0.00122. The Morgan fingerprint density at radius 1 is 1.30 bits per heavy atom. The first-order valence-corrected chi connectivity index (χ1v) is 7.65. The molecule has 3 rings (SSSR count). The number of benzene rings is 1. The van der Waals surface area contributed by atoms with Crippen molar-refractivity contribution in [1.29, 1.82) is 0 Å². The largest absolute Gasteiger partial charge is 0.435 e. The Balaban J connectivity index is 1.77. The maximum atomic E-state index is 12.8. The molecule has 5 nitrogen and oxygen atoms in total. The summed E-state index contributed by atoms with van der Waals surface area (Å²) in [5.74, 6) is 0.107. The molecular weight excluding hydrogens is 306 g/mol. The lowest BCUT2D eigenvalue weighted by Gasteiger charge is -2.29. The van der Waals surface area contributed by atoms with Crippen LogP contribution in [0.25, 0.3) is 0 Å². The van der Waals surface area contributed by atoms with Crippen LogP contribution in [0.2, 0.25) is 0 Å². The van der Waals surface area contributed by atoms with Gasteiger partial charge in [0.25, 0.3) is 5.91 Å². The molecule has 2 saturated heterocycles. The summed E-state index contributed by atoms with van der Waals surface area (Å²) in [4.78, 5) is 16.8. The first-order chi connectivity index (χ1) is 11.0. The van der Waals surface area contributed by atoms with Crippen molar-refractivity contribution in [2.75, 3.05) is 39.9 Å². The Kier molecular flexibility index (Phi) is 4.77. The molecule has 2 bridgehead atoms. The van der Waals surface area contributed by atoms with Gasteiger partial charge in [0, 0.05) is 31.1 Å². The Bertz CT molecular complexity index is 570. The molecule has 1 aromatic carbocycles. The van der Waals surface area contributed by atoms with Crippen molar-refractivity contribution < 1.29 is 23.0 Å². The van der Waals surface area contributed by atoms with Gasteiger partial charge in [0.05, 0.1) is 19.3 Å². The zero-order valence-corrected chi connectivity index (χ0v) is 13.0. The van der Waals surface area contributed by atoms with Crippen LogP contribution in [0.3, 0.4) is 0 Å². The molecule has 2 fully saturated rings. The van der Waals surface area contributed by atoms with Crippen molar-refractivity contribution >= 4 is 5.91 Å². The van der Waals surface area contributed by atoms with Crippen LogP contribution in [0.4, 0.5) is 8.78 Å². The lowest BCUT2D eigenvalue weighted by atomic mass is 10.1. The summed E-state index contributed by atoms with van der Waals surface area (Å²) in [5, 5.41) is 0. The van der Waals surface area contributed by atoms with E-state index in [0.717, 1.165) is 6.54 Å². The number of hydrogen-bond donors (Lipinski definition) is 0. The Labute approximate surface area is 133 Å². The van der Waals surface area contributed by atoms with Crippen LogP contribution >= 0.6 is 0 Å². The molecule has 2 atom stereocenters. The van der Waals surface area contributed by atoms with Crippen LogP contribution in [0.15, 0.2) is 24.3 Å². The number of nitrogens with zero attached hydrogens (tertiary/aromatic N) is 2. The second kappa shape index (κ2) is 6.80. The number of ether oxygens (including phenoxy) is 2. The van der Waals surface area contributed by atoms with E-state index in [0.29, 0.717) is 31.9 Å². The topological polar surface area (TPSA) is 42.0 Å². The van der Waals surface area contributed by atoms with E-state index in [1.165, 1.54) is 12.1 Å². The monoisotopic (exact) mass is 326 g/mol. The molecule has 0 radical (unpaired) electrons. The molecule has 2 heterocycles. The van der Waals surface area contributed by atoms with Crippen LogP contribution in [-0.4, -0.2) is 68.3 Å². The van der Waals surface area contributed by atoms with Crippen LogP contribution < -0.4 is 4.74 Å². The number of amides is 1. The Morgan fingerprint density at radius 3 is 2.91 bits per heavy atom. The molecule has 0 spiro atoms.